The monoisotopic (exact) mass is 230 g/mol. The number of carboxylic acids is 1. The van der Waals surface area contributed by atoms with Gasteiger partial charge in [-0.05, 0) is 26.7 Å². The Labute approximate surface area is 94.8 Å². The fraction of sp³-hybridized carbons (Fsp3) is 0.727. The van der Waals surface area contributed by atoms with Gasteiger partial charge in [0.25, 0.3) is 0 Å². The predicted octanol–water partition coefficient (Wildman–Crippen LogP) is 1.40. The molecule has 0 bridgehead atoms. The molecule has 5 heteroatoms. The number of ketones is 1. The van der Waals surface area contributed by atoms with Crippen LogP contribution in [0.25, 0.3) is 0 Å². The van der Waals surface area contributed by atoms with E-state index in [1.807, 2.05) is 0 Å². The minimum absolute atomic E-state index is 0.00694. The van der Waals surface area contributed by atoms with Gasteiger partial charge in [0.05, 0.1) is 6.61 Å². The fourth-order valence-corrected chi connectivity index (χ4v) is 1.58. The molecule has 0 radical (unpaired) electrons. The average Bonchev–Trinajstić information content (AvgIpc) is 2.18. The van der Waals surface area contributed by atoms with Crippen molar-refractivity contribution in [2.24, 2.45) is 5.41 Å². The van der Waals surface area contributed by atoms with Crippen molar-refractivity contribution in [3.63, 3.8) is 0 Å². The molecule has 0 aromatic carbocycles. The first-order valence-corrected chi connectivity index (χ1v) is 5.30. The summed E-state index contributed by atoms with van der Waals surface area (Å²) in [4.78, 5) is 33.7. The van der Waals surface area contributed by atoms with Gasteiger partial charge in [-0.3, -0.25) is 14.4 Å². The van der Waals surface area contributed by atoms with E-state index >= 15 is 0 Å². The second kappa shape index (κ2) is 6.25. The van der Waals surface area contributed by atoms with E-state index in [1.165, 1.54) is 6.92 Å². The summed E-state index contributed by atoms with van der Waals surface area (Å²) in [6.07, 6.45) is 0.0354. The third-order valence-electron chi connectivity index (χ3n) is 2.71. The van der Waals surface area contributed by atoms with Crippen LogP contribution < -0.4 is 0 Å². The van der Waals surface area contributed by atoms with Gasteiger partial charge in [-0.15, -0.1) is 0 Å². The van der Waals surface area contributed by atoms with Crippen LogP contribution in [0.5, 0.6) is 0 Å². The maximum absolute atomic E-state index is 11.7. The Bertz CT molecular complexity index is 284. The quantitative estimate of drug-likeness (QED) is 0.528. The molecule has 0 aliphatic rings. The van der Waals surface area contributed by atoms with Crippen molar-refractivity contribution in [3.8, 4) is 0 Å². The van der Waals surface area contributed by atoms with Crippen LogP contribution in [0.1, 0.15) is 40.0 Å². The number of hydrogen-bond donors (Lipinski definition) is 1. The average molecular weight is 230 g/mol. The maximum Gasteiger partial charge on any atom is 0.319 e. The summed E-state index contributed by atoms with van der Waals surface area (Å²) in [6.45, 7) is 4.80. The molecule has 0 rings (SSSR count). The number of esters is 1. The minimum atomic E-state index is -1.30. The van der Waals surface area contributed by atoms with Gasteiger partial charge in [-0.25, -0.2) is 0 Å². The Balaban J connectivity index is 4.91. The first-order valence-electron chi connectivity index (χ1n) is 5.30. The zero-order chi connectivity index (χ0) is 12.8. The van der Waals surface area contributed by atoms with Crippen LogP contribution in [-0.2, 0) is 19.1 Å². The molecule has 92 valence electrons. The second-order valence-electron chi connectivity index (χ2n) is 3.61. The van der Waals surface area contributed by atoms with Gasteiger partial charge in [0.1, 0.15) is 11.2 Å². The lowest BCUT2D eigenvalue weighted by Gasteiger charge is -2.26. The van der Waals surface area contributed by atoms with E-state index in [0.717, 1.165) is 0 Å². The Hall–Kier alpha value is -1.39. The van der Waals surface area contributed by atoms with E-state index in [4.69, 9.17) is 9.84 Å². The van der Waals surface area contributed by atoms with Gasteiger partial charge in [-0.1, -0.05) is 6.92 Å². The lowest BCUT2D eigenvalue weighted by Crippen LogP contribution is -2.39. The lowest BCUT2D eigenvalue weighted by atomic mass is 9.77. The minimum Gasteiger partial charge on any atom is -0.481 e. The summed E-state index contributed by atoms with van der Waals surface area (Å²) in [5, 5.41) is 8.60. The SMILES string of the molecule is CCOC(=O)C(CC)(CCC(=O)O)C(C)=O. The highest BCUT2D eigenvalue weighted by Gasteiger charge is 2.43. The van der Waals surface area contributed by atoms with Gasteiger partial charge in [0.2, 0.25) is 0 Å². The van der Waals surface area contributed by atoms with Crippen molar-refractivity contribution < 1.29 is 24.2 Å². The first-order chi connectivity index (χ1) is 7.40. The summed E-state index contributed by atoms with van der Waals surface area (Å²) >= 11 is 0. The van der Waals surface area contributed by atoms with Crippen molar-refractivity contribution in [1.82, 2.24) is 0 Å². The molecule has 16 heavy (non-hydrogen) atoms. The fourth-order valence-electron chi connectivity index (χ4n) is 1.58. The van der Waals surface area contributed by atoms with Crippen LogP contribution in [0, 0.1) is 5.41 Å². The molecule has 0 aromatic rings. The Morgan fingerprint density at radius 3 is 2.12 bits per heavy atom. The van der Waals surface area contributed by atoms with E-state index in [2.05, 4.69) is 0 Å². The lowest BCUT2D eigenvalue weighted by molar-refractivity contribution is -0.160. The van der Waals surface area contributed by atoms with Gasteiger partial charge in [0, 0.05) is 6.42 Å². The van der Waals surface area contributed by atoms with Gasteiger partial charge < -0.3 is 9.84 Å². The molecule has 1 unspecified atom stereocenters. The third-order valence-corrected chi connectivity index (χ3v) is 2.71. The third kappa shape index (κ3) is 3.32. The van der Waals surface area contributed by atoms with Crippen molar-refractivity contribution >= 4 is 17.7 Å². The van der Waals surface area contributed by atoms with Crippen LogP contribution in [0.3, 0.4) is 0 Å². The smallest absolute Gasteiger partial charge is 0.319 e. The number of carbonyl (C=O) groups is 3. The molecule has 0 aliphatic carbocycles. The number of rotatable bonds is 7. The van der Waals surface area contributed by atoms with Gasteiger partial charge in [-0.2, -0.15) is 0 Å². The number of carbonyl (C=O) groups excluding carboxylic acids is 2. The highest BCUT2D eigenvalue weighted by molar-refractivity contribution is 6.02. The van der Waals surface area contributed by atoms with Crippen LogP contribution >= 0.6 is 0 Å². The van der Waals surface area contributed by atoms with Gasteiger partial charge in [0.15, 0.2) is 0 Å². The summed E-state index contributed by atoms with van der Waals surface area (Å²) in [5.41, 5.74) is -1.30. The van der Waals surface area contributed by atoms with E-state index in [1.54, 1.807) is 13.8 Å². The van der Waals surface area contributed by atoms with Crippen LogP contribution in [-0.4, -0.2) is 29.4 Å². The molecule has 0 fully saturated rings. The number of aliphatic carboxylic acids is 1. The molecule has 0 aromatic heterocycles. The molecule has 0 saturated carbocycles. The first kappa shape index (κ1) is 14.6. The van der Waals surface area contributed by atoms with Crippen LogP contribution in [0.15, 0.2) is 0 Å². The van der Waals surface area contributed by atoms with Crippen molar-refractivity contribution in [2.45, 2.75) is 40.0 Å². The molecule has 0 heterocycles. The largest absolute Gasteiger partial charge is 0.481 e. The highest BCUT2D eigenvalue weighted by Crippen LogP contribution is 2.31. The molecule has 0 amide bonds. The number of Topliss-reactive ketones (excluding diaryl/α,β-unsaturated/α-hetero) is 1. The highest BCUT2D eigenvalue weighted by atomic mass is 16.5. The summed E-state index contributed by atoms with van der Waals surface area (Å²) in [7, 11) is 0. The Kier molecular flexibility index (Phi) is 5.71. The molecule has 1 N–H and O–H groups in total. The maximum atomic E-state index is 11.7. The Morgan fingerprint density at radius 1 is 1.25 bits per heavy atom. The zero-order valence-corrected chi connectivity index (χ0v) is 9.91. The zero-order valence-electron chi connectivity index (χ0n) is 9.91. The van der Waals surface area contributed by atoms with E-state index < -0.39 is 17.4 Å². The molecular formula is C11H18O5. The Morgan fingerprint density at radius 2 is 1.81 bits per heavy atom. The normalized spacial score (nSPS) is 13.9. The molecule has 5 nitrogen and oxygen atoms in total. The molecule has 1 atom stereocenters. The standard InChI is InChI=1S/C11H18O5/c1-4-11(8(3)12,7-6-9(13)14)10(15)16-5-2/h4-7H2,1-3H3,(H,13,14). The van der Waals surface area contributed by atoms with Crippen LogP contribution in [0.2, 0.25) is 0 Å². The number of ether oxygens (including phenoxy) is 1. The number of carboxylic acid groups (broad SMARTS) is 1. The summed E-state index contributed by atoms with van der Waals surface area (Å²) < 4.78 is 4.84. The second-order valence-corrected chi connectivity index (χ2v) is 3.61. The van der Waals surface area contributed by atoms with Crippen LogP contribution in [0.4, 0.5) is 0 Å². The molecule has 0 saturated heterocycles. The van der Waals surface area contributed by atoms with Crippen molar-refractivity contribution in [2.75, 3.05) is 6.61 Å². The predicted molar refractivity (Wildman–Crippen MR) is 56.9 cm³/mol. The molecule has 0 aliphatic heterocycles. The summed E-state index contributed by atoms with van der Waals surface area (Å²) in [5.74, 6) is -1.98. The van der Waals surface area contributed by atoms with E-state index in [9.17, 15) is 14.4 Å². The van der Waals surface area contributed by atoms with E-state index in [0.29, 0.717) is 0 Å². The van der Waals surface area contributed by atoms with Gasteiger partial charge >= 0.3 is 11.9 Å². The molecule has 0 spiro atoms. The van der Waals surface area contributed by atoms with Crippen molar-refractivity contribution in [1.29, 1.82) is 0 Å². The van der Waals surface area contributed by atoms with Crippen molar-refractivity contribution in [3.05, 3.63) is 0 Å². The number of hydrogen-bond acceptors (Lipinski definition) is 4. The molecular weight excluding hydrogens is 212 g/mol. The summed E-state index contributed by atoms with van der Waals surface area (Å²) in [6, 6.07) is 0. The van der Waals surface area contributed by atoms with E-state index in [-0.39, 0.29) is 31.7 Å². The topological polar surface area (TPSA) is 80.7 Å².